The van der Waals surface area contributed by atoms with Crippen LogP contribution in [0.4, 0.5) is 0 Å². The van der Waals surface area contributed by atoms with Crippen LogP contribution in [0.15, 0.2) is 5.10 Å². The van der Waals surface area contributed by atoms with Crippen LogP contribution in [0.2, 0.25) is 0 Å². The molecule has 0 saturated carbocycles. The summed E-state index contributed by atoms with van der Waals surface area (Å²) in [5.41, 5.74) is 8.29. The SMILES string of the molecule is C.CC(=O)NN.[CH-]=NNC(C)=O.[CH-]=O.[CH2-]NNC(C)=O.[Rb+].[Rb+].[Rb+]. The molecule has 0 aromatic carbocycles. The van der Waals surface area contributed by atoms with Gasteiger partial charge < -0.3 is 27.5 Å². The Bertz CT molecular complexity index is 273. The Morgan fingerprint density at radius 2 is 1.26 bits per heavy atom. The summed E-state index contributed by atoms with van der Waals surface area (Å²) in [5, 5.41) is 2.84. The summed E-state index contributed by atoms with van der Waals surface area (Å²) in [7, 11) is 3.14. The summed E-state index contributed by atoms with van der Waals surface area (Å²) in [6, 6.07) is 0. The number of amides is 3. The van der Waals surface area contributed by atoms with E-state index in [2.05, 4.69) is 42.3 Å². The van der Waals surface area contributed by atoms with Gasteiger partial charge in [-0.25, -0.2) is 5.84 Å². The summed E-state index contributed by atoms with van der Waals surface area (Å²) < 4.78 is 0. The molecule has 0 bridgehead atoms. The average Bonchev–Trinajstić information content (AvgIpc) is 2.32. The van der Waals surface area contributed by atoms with Crippen LogP contribution in [0.25, 0.3) is 0 Å². The average molecular weight is 548 g/mol. The van der Waals surface area contributed by atoms with E-state index in [4.69, 9.17) is 4.79 Å². The summed E-state index contributed by atoms with van der Waals surface area (Å²) in [6.45, 7) is 11.9. The number of hydrazine groups is 2. The molecule has 3 amide bonds. The zero-order valence-corrected chi connectivity index (χ0v) is 28.8. The molecule has 0 aliphatic heterocycles. The van der Waals surface area contributed by atoms with Gasteiger partial charge in [-0.2, -0.15) is 0 Å². The molecule has 0 atom stereocenters. The largest absolute Gasteiger partial charge is 1.00 e. The van der Waals surface area contributed by atoms with E-state index in [0.29, 0.717) is 0 Å². The second-order valence-corrected chi connectivity index (χ2v) is 2.36. The molecule has 13 heteroatoms. The van der Waals surface area contributed by atoms with Crippen LogP contribution in [0, 0.1) is 7.05 Å². The first-order valence-corrected chi connectivity index (χ1v) is 4.47. The number of nitrogens with two attached hydrogens (primary N) is 1. The first-order valence-electron chi connectivity index (χ1n) is 4.47. The molecular formula is C10H23N6O4Rb3. The fraction of sp³-hybridized carbons (Fsp3) is 0.400. The number of rotatable bonds is 2. The zero-order valence-electron chi connectivity index (χ0n) is 14.0. The van der Waals surface area contributed by atoms with Gasteiger partial charge in [0.05, 0.1) is 0 Å². The van der Waals surface area contributed by atoms with E-state index in [9.17, 15) is 14.4 Å². The molecular weight excluding hydrogens is 525 g/mol. The molecule has 0 aliphatic carbocycles. The predicted molar refractivity (Wildman–Crippen MR) is 76.1 cm³/mol. The minimum Gasteiger partial charge on any atom is -0.545 e. The second-order valence-electron chi connectivity index (χ2n) is 2.36. The maximum atomic E-state index is 9.83. The smallest absolute Gasteiger partial charge is 0.545 e. The van der Waals surface area contributed by atoms with Crippen LogP contribution in [0.1, 0.15) is 28.2 Å². The minimum absolute atomic E-state index is 0. The molecule has 0 rings (SSSR count). The molecule has 0 spiro atoms. The number of hydrogen-bond acceptors (Lipinski definition) is 7. The summed E-state index contributed by atoms with van der Waals surface area (Å²) in [6.07, 6.45) is 0. The third kappa shape index (κ3) is 109. The van der Waals surface area contributed by atoms with Crippen molar-refractivity contribution in [3.8, 4) is 0 Å². The van der Waals surface area contributed by atoms with Gasteiger partial charge in [-0.3, -0.25) is 39.1 Å². The Balaban J connectivity index is -0.0000000215. The van der Waals surface area contributed by atoms with Crippen LogP contribution in [0.3, 0.4) is 0 Å². The van der Waals surface area contributed by atoms with Gasteiger partial charge in [0, 0.05) is 20.8 Å². The summed E-state index contributed by atoms with van der Waals surface area (Å²) in [5.74, 6) is 3.97. The molecule has 0 aliphatic rings. The van der Waals surface area contributed by atoms with Crippen molar-refractivity contribution in [3.05, 3.63) is 7.05 Å². The molecule has 10 nitrogen and oxygen atoms in total. The van der Waals surface area contributed by atoms with Gasteiger partial charge in [0.2, 0.25) is 17.7 Å². The predicted octanol–water partition coefficient (Wildman–Crippen LogP) is -10.6. The number of hydrogen-bond donors (Lipinski definition) is 5. The van der Waals surface area contributed by atoms with E-state index in [1.54, 1.807) is 0 Å². The van der Waals surface area contributed by atoms with Gasteiger partial charge in [-0.05, 0) is 0 Å². The van der Waals surface area contributed by atoms with E-state index in [1.165, 1.54) is 20.8 Å². The quantitative estimate of drug-likeness (QED) is 0.0578. The first-order chi connectivity index (χ1) is 8.81. The third-order valence-corrected chi connectivity index (χ3v) is 0.690. The fourth-order valence-electron chi connectivity index (χ4n) is 0.215. The van der Waals surface area contributed by atoms with Crippen molar-refractivity contribution >= 4 is 31.2 Å². The molecule has 0 saturated heterocycles. The molecule has 6 N–H and O–H groups in total. The summed E-state index contributed by atoms with van der Waals surface area (Å²) in [4.78, 5) is 36.9. The topological polar surface area (TPSA) is 155 Å². The third-order valence-electron chi connectivity index (χ3n) is 0.690. The van der Waals surface area contributed by atoms with Gasteiger partial charge in [-0.15, -0.1) is 0 Å². The van der Waals surface area contributed by atoms with Gasteiger partial charge in [0.1, 0.15) is 0 Å². The van der Waals surface area contributed by atoms with Gasteiger partial charge >= 0.3 is 175 Å². The molecule has 23 heavy (non-hydrogen) atoms. The molecule has 0 unspecified atom stereocenters. The van der Waals surface area contributed by atoms with Crippen LogP contribution < -0.4 is 202 Å². The molecule has 120 valence electrons. The molecule has 0 aromatic heterocycles. The van der Waals surface area contributed by atoms with Crippen molar-refractivity contribution in [1.82, 2.24) is 21.7 Å². The number of hydrazone groups is 1. The summed E-state index contributed by atoms with van der Waals surface area (Å²) >= 11 is 0. The molecule has 0 aromatic rings. The minimum atomic E-state index is -0.252. The number of nitrogens with one attached hydrogen (secondary N) is 4. The fourth-order valence-corrected chi connectivity index (χ4v) is 0.215. The van der Waals surface area contributed by atoms with Crippen LogP contribution in [-0.2, 0) is 19.2 Å². The Labute approximate surface area is 285 Å². The number of carbonyl (C=O) groups is 3. The standard InChI is InChI=1S/C3H7N2O.C3H5N2O.C2H6N2O.CHO.CH4.3Rb/c2*1-3(6)5-4-2;1-2(5)4-3;1-2;;;;/h4H,2H2,1H3,(H,5,6);2H,1H3,(H,5,6);3H2,1H3,(H,4,5);1H;1H4;;;/q2*-1;;-1;;3*+1. The van der Waals surface area contributed by atoms with E-state index >= 15 is 0 Å². The maximum absolute atomic E-state index is 9.83. The van der Waals surface area contributed by atoms with E-state index in [0.717, 1.165) is 0 Å². The van der Waals surface area contributed by atoms with Crippen LogP contribution >= 0.6 is 0 Å². The van der Waals surface area contributed by atoms with Gasteiger partial charge in [0.25, 0.3) is 0 Å². The van der Waals surface area contributed by atoms with E-state index < -0.39 is 0 Å². The van der Waals surface area contributed by atoms with Gasteiger partial charge in [0.15, 0.2) is 0 Å². The molecule has 0 fully saturated rings. The maximum Gasteiger partial charge on any atom is 1.00 e. The number of carbonyl (C=O) groups excluding carboxylic acids is 4. The van der Waals surface area contributed by atoms with Crippen molar-refractivity contribution in [2.45, 2.75) is 28.2 Å². The van der Waals surface area contributed by atoms with E-state index in [-0.39, 0.29) is 200 Å². The van der Waals surface area contributed by atoms with Crippen molar-refractivity contribution < 1.29 is 194 Å². The zero-order chi connectivity index (χ0) is 16.3. The number of nitrogens with zero attached hydrogens (tertiary/aromatic N) is 1. The normalized spacial score (nSPS) is 5.43. The van der Waals surface area contributed by atoms with Crippen molar-refractivity contribution in [3.63, 3.8) is 0 Å². The Hall–Kier alpha value is 3.09. The van der Waals surface area contributed by atoms with Crippen molar-refractivity contribution in [1.29, 1.82) is 0 Å². The van der Waals surface area contributed by atoms with Crippen LogP contribution in [0.5, 0.6) is 0 Å². The monoisotopic (exact) mass is 546 g/mol. The van der Waals surface area contributed by atoms with Gasteiger partial charge in [-0.1, -0.05) is 7.43 Å². The van der Waals surface area contributed by atoms with Crippen molar-refractivity contribution in [2.24, 2.45) is 10.9 Å². The Kier molecular flexibility index (Phi) is 109. The second kappa shape index (κ2) is 49.9. The van der Waals surface area contributed by atoms with Crippen LogP contribution in [-0.4, -0.2) is 31.2 Å². The molecule has 0 heterocycles. The Morgan fingerprint density at radius 3 is 1.26 bits per heavy atom. The van der Waals surface area contributed by atoms with E-state index in [1.807, 2.05) is 10.9 Å². The molecule has 0 radical (unpaired) electrons. The Morgan fingerprint density at radius 1 is 0.957 bits per heavy atom. The first kappa shape index (κ1) is 50.2. The van der Waals surface area contributed by atoms with Crippen molar-refractivity contribution in [2.75, 3.05) is 0 Å².